The molecule has 0 radical (unpaired) electrons. The monoisotopic (exact) mass is 383 g/mol. The predicted molar refractivity (Wildman–Crippen MR) is 113 cm³/mol. The first-order valence-electron chi connectivity index (χ1n) is 8.72. The second-order valence-electron chi connectivity index (χ2n) is 7.39. The summed E-state index contributed by atoms with van der Waals surface area (Å²) in [6.45, 7) is 7.73. The smallest absolute Gasteiger partial charge is 0.251 e. The highest BCUT2D eigenvalue weighted by Crippen LogP contribution is 2.12. The van der Waals surface area contributed by atoms with Crippen molar-refractivity contribution < 1.29 is 9.59 Å². The Morgan fingerprint density at radius 1 is 1.04 bits per heavy atom. The van der Waals surface area contributed by atoms with E-state index in [-0.39, 0.29) is 28.9 Å². The summed E-state index contributed by atoms with van der Waals surface area (Å²) in [5.74, 6) is -0.357. The largest absolute Gasteiger partial charge is 0.347 e. The maximum absolute atomic E-state index is 12.3. The molecule has 2 amide bonds. The van der Waals surface area contributed by atoms with E-state index < -0.39 is 0 Å². The highest BCUT2D eigenvalue weighted by molar-refractivity contribution is 7.80. The molecule has 0 saturated heterocycles. The molecule has 0 heterocycles. The van der Waals surface area contributed by atoms with Crippen molar-refractivity contribution in [2.45, 2.75) is 39.7 Å². The SMILES string of the molecule is Cc1ccccc1CC(=O)NC(=S)Nc1cccc(C(=O)NC(C)(C)C)c1. The van der Waals surface area contributed by atoms with Crippen molar-refractivity contribution in [1.82, 2.24) is 10.6 Å². The Bertz CT molecular complexity index is 857. The zero-order valence-corrected chi connectivity index (χ0v) is 16.9. The minimum Gasteiger partial charge on any atom is -0.347 e. The summed E-state index contributed by atoms with van der Waals surface area (Å²) in [4.78, 5) is 24.5. The molecule has 6 heteroatoms. The number of aryl methyl sites for hydroxylation is 1. The molecule has 0 spiro atoms. The molecule has 0 unspecified atom stereocenters. The molecular formula is C21H25N3O2S. The van der Waals surface area contributed by atoms with Gasteiger partial charge in [-0.2, -0.15) is 0 Å². The molecule has 0 aliphatic rings. The lowest BCUT2D eigenvalue weighted by atomic mass is 10.1. The molecule has 0 aliphatic carbocycles. The molecule has 2 aromatic rings. The first kappa shape index (κ1) is 20.6. The van der Waals surface area contributed by atoms with Crippen molar-refractivity contribution in [3.8, 4) is 0 Å². The minimum absolute atomic E-state index is 0.166. The van der Waals surface area contributed by atoms with E-state index in [0.717, 1.165) is 11.1 Å². The topological polar surface area (TPSA) is 70.2 Å². The molecule has 0 saturated carbocycles. The number of rotatable bonds is 4. The normalized spacial score (nSPS) is 10.8. The molecule has 2 rings (SSSR count). The molecule has 5 nitrogen and oxygen atoms in total. The Morgan fingerprint density at radius 2 is 1.74 bits per heavy atom. The van der Waals surface area contributed by atoms with Gasteiger partial charge in [-0.1, -0.05) is 30.3 Å². The highest BCUT2D eigenvalue weighted by atomic mass is 32.1. The van der Waals surface area contributed by atoms with E-state index >= 15 is 0 Å². The maximum atomic E-state index is 12.3. The molecule has 0 aliphatic heterocycles. The van der Waals surface area contributed by atoms with Crippen LogP contribution in [0.3, 0.4) is 0 Å². The molecule has 27 heavy (non-hydrogen) atoms. The van der Waals surface area contributed by atoms with Gasteiger partial charge in [0.25, 0.3) is 5.91 Å². The molecule has 2 aromatic carbocycles. The molecule has 142 valence electrons. The zero-order valence-electron chi connectivity index (χ0n) is 16.1. The van der Waals surface area contributed by atoms with Gasteiger partial charge in [-0.25, -0.2) is 0 Å². The molecule has 0 bridgehead atoms. The number of carbonyl (C=O) groups excluding carboxylic acids is 2. The van der Waals surface area contributed by atoms with Gasteiger partial charge in [0.1, 0.15) is 0 Å². The lowest BCUT2D eigenvalue weighted by molar-refractivity contribution is -0.119. The van der Waals surface area contributed by atoms with E-state index in [0.29, 0.717) is 11.3 Å². The van der Waals surface area contributed by atoms with Gasteiger partial charge >= 0.3 is 0 Å². The van der Waals surface area contributed by atoms with E-state index in [1.165, 1.54) is 0 Å². The van der Waals surface area contributed by atoms with Crippen LogP contribution in [0, 0.1) is 6.92 Å². The van der Waals surface area contributed by atoms with Crippen LogP contribution in [-0.4, -0.2) is 22.5 Å². The van der Waals surface area contributed by atoms with Crippen LogP contribution in [0.5, 0.6) is 0 Å². The van der Waals surface area contributed by atoms with E-state index in [9.17, 15) is 9.59 Å². The number of benzene rings is 2. The number of nitrogens with one attached hydrogen (secondary N) is 3. The first-order chi connectivity index (χ1) is 12.6. The van der Waals surface area contributed by atoms with Gasteiger partial charge in [-0.15, -0.1) is 0 Å². The first-order valence-corrected chi connectivity index (χ1v) is 9.13. The van der Waals surface area contributed by atoms with Crippen molar-refractivity contribution in [3.05, 3.63) is 65.2 Å². The fourth-order valence-corrected chi connectivity index (χ4v) is 2.70. The highest BCUT2D eigenvalue weighted by Gasteiger charge is 2.15. The average molecular weight is 384 g/mol. The van der Waals surface area contributed by atoms with E-state index in [1.54, 1.807) is 24.3 Å². The summed E-state index contributed by atoms with van der Waals surface area (Å²) in [6.07, 6.45) is 0.253. The van der Waals surface area contributed by atoms with Gasteiger partial charge in [0.2, 0.25) is 5.91 Å². The van der Waals surface area contributed by atoms with Crippen LogP contribution in [-0.2, 0) is 11.2 Å². The summed E-state index contributed by atoms with van der Waals surface area (Å²) in [5.41, 5.74) is 2.85. The summed E-state index contributed by atoms with van der Waals surface area (Å²) >= 11 is 5.21. The lowest BCUT2D eigenvalue weighted by Crippen LogP contribution is -2.40. The number of anilines is 1. The van der Waals surface area contributed by atoms with Crippen LogP contribution in [0.1, 0.15) is 42.3 Å². The van der Waals surface area contributed by atoms with Crippen molar-refractivity contribution >= 4 is 34.8 Å². The summed E-state index contributed by atoms with van der Waals surface area (Å²) in [5, 5.41) is 8.73. The minimum atomic E-state index is -0.320. The number of carbonyl (C=O) groups is 2. The zero-order chi connectivity index (χ0) is 20.0. The Kier molecular flexibility index (Phi) is 6.69. The molecule has 0 fully saturated rings. The summed E-state index contributed by atoms with van der Waals surface area (Å²) in [7, 11) is 0. The number of amides is 2. The fourth-order valence-electron chi connectivity index (χ4n) is 2.47. The Hall–Kier alpha value is -2.73. The second kappa shape index (κ2) is 8.77. The average Bonchev–Trinajstić information content (AvgIpc) is 2.55. The third kappa shape index (κ3) is 6.83. The third-order valence-corrected chi connectivity index (χ3v) is 3.94. The molecular weight excluding hydrogens is 358 g/mol. The maximum Gasteiger partial charge on any atom is 0.251 e. The van der Waals surface area contributed by atoms with Crippen LogP contribution in [0.4, 0.5) is 5.69 Å². The lowest BCUT2D eigenvalue weighted by Gasteiger charge is -2.20. The Labute approximate surface area is 165 Å². The van der Waals surface area contributed by atoms with Crippen LogP contribution in [0.25, 0.3) is 0 Å². The van der Waals surface area contributed by atoms with Crippen LogP contribution in [0.15, 0.2) is 48.5 Å². The van der Waals surface area contributed by atoms with Crippen LogP contribution < -0.4 is 16.0 Å². The third-order valence-electron chi connectivity index (χ3n) is 3.74. The molecule has 0 atom stereocenters. The molecule has 3 N–H and O–H groups in total. The standard InChI is InChI=1S/C21H25N3O2S/c1-14-8-5-6-9-15(14)13-18(25)23-20(27)22-17-11-7-10-16(12-17)19(26)24-21(2,3)4/h5-12H,13H2,1-4H3,(H,24,26)(H2,22,23,25,27). The van der Waals surface area contributed by atoms with Gasteiger partial charge in [0.05, 0.1) is 6.42 Å². The van der Waals surface area contributed by atoms with E-state index in [1.807, 2.05) is 52.0 Å². The Balaban J connectivity index is 1.95. The van der Waals surface area contributed by atoms with Crippen LogP contribution in [0.2, 0.25) is 0 Å². The van der Waals surface area contributed by atoms with Gasteiger partial charge in [-0.3, -0.25) is 9.59 Å². The van der Waals surface area contributed by atoms with E-state index in [2.05, 4.69) is 16.0 Å². The van der Waals surface area contributed by atoms with Gasteiger partial charge in [0, 0.05) is 16.8 Å². The number of hydrogen-bond acceptors (Lipinski definition) is 3. The summed E-state index contributed by atoms with van der Waals surface area (Å²) < 4.78 is 0. The van der Waals surface area contributed by atoms with Crippen molar-refractivity contribution in [2.24, 2.45) is 0 Å². The Morgan fingerprint density at radius 3 is 2.41 bits per heavy atom. The van der Waals surface area contributed by atoms with Crippen molar-refractivity contribution in [1.29, 1.82) is 0 Å². The quantitative estimate of drug-likeness (QED) is 0.706. The van der Waals surface area contributed by atoms with Crippen molar-refractivity contribution in [3.63, 3.8) is 0 Å². The predicted octanol–water partition coefficient (Wildman–Crippen LogP) is 3.58. The molecule has 0 aromatic heterocycles. The van der Waals surface area contributed by atoms with Crippen LogP contribution >= 0.6 is 12.2 Å². The fraction of sp³-hybridized carbons (Fsp3) is 0.286. The van der Waals surface area contributed by atoms with Crippen molar-refractivity contribution in [2.75, 3.05) is 5.32 Å². The van der Waals surface area contributed by atoms with Gasteiger partial charge in [-0.05, 0) is 69.2 Å². The second-order valence-corrected chi connectivity index (χ2v) is 7.80. The van der Waals surface area contributed by atoms with E-state index in [4.69, 9.17) is 12.2 Å². The number of thiocarbonyl (C=S) groups is 1. The van der Waals surface area contributed by atoms with Gasteiger partial charge < -0.3 is 16.0 Å². The van der Waals surface area contributed by atoms with Gasteiger partial charge in [0.15, 0.2) is 5.11 Å². The summed E-state index contributed by atoms with van der Waals surface area (Å²) in [6, 6.07) is 14.7. The number of hydrogen-bond donors (Lipinski definition) is 3.